The lowest BCUT2D eigenvalue weighted by Gasteiger charge is -2.35. The maximum absolute atomic E-state index is 12.8. The smallest absolute Gasteiger partial charge is 0.288 e. The predicted octanol–water partition coefficient (Wildman–Crippen LogP) is 3.05. The number of primary amides is 1. The molecule has 1 atom stereocenters. The number of fused-ring (bicyclic) bond motifs is 1. The molecule has 2 amide bonds. The number of hydrogen-bond acceptors (Lipinski definition) is 3. The number of halogens is 2. The van der Waals surface area contributed by atoms with Gasteiger partial charge in [0.15, 0.2) is 0 Å². The van der Waals surface area contributed by atoms with Crippen LogP contribution >= 0.6 is 11.8 Å². The molecule has 25 heavy (non-hydrogen) atoms. The van der Waals surface area contributed by atoms with E-state index >= 15 is 0 Å². The van der Waals surface area contributed by atoms with Crippen LogP contribution in [-0.4, -0.2) is 28.5 Å². The second kappa shape index (κ2) is 7.23. The van der Waals surface area contributed by atoms with Crippen molar-refractivity contribution in [2.75, 3.05) is 0 Å². The fourth-order valence-corrected chi connectivity index (χ4v) is 3.43. The minimum absolute atomic E-state index is 0.288. The first-order valence-corrected chi connectivity index (χ1v) is 8.55. The predicted molar refractivity (Wildman–Crippen MR) is 91.3 cm³/mol. The van der Waals surface area contributed by atoms with E-state index in [4.69, 9.17) is 5.73 Å². The zero-order valence-electron chi connectivity index (χ0n) is 13.2. The van der Waals surface area contributed by atoms with Crippen LogP contribution in [0.25, 0.3) is 0 Å². The normalized spacial score (nSPS) is 16.6. The quantitative estimate of drug-likeness (QED) is 0.851. The molecule has 2 aromatic carbocycles. The summed E-state index contributed by atoms with van der Waals surface area (Å²) in [6.45, 7) is 0.288. The molecule has 0 saturated carbocycles. The standard InChI is InChI=1S/C18H16F2N2O2S/c19-18(20)25-14-7-5-11(6-8-14)17(24)22-10-13-4-2-1-3-12(13)9-15(22)16(21)23/h1-8,15,18H,9-10H2,(H2,21,23). The highest BCUT2D eigenvalue weighted by Crippen LogP contribution is 2.27. The maximum Gasteiger partial charge on any atom is 0.288 e. The number of benzene rings is 2. The first kappa shape index (κ1) is 17.4. The third-order valence-electron chi connectivity index (χ3n) is 4.16. The molecule has 2 N–H and O–H groups in total. The van der Waals surface area contributed by atoms with E-state index in [1.54, 1.807) is 0 Å². The van der Waals surface area contributed by atoms with Gasteiger partial charge in [0.2, 0.25) is 5.91 Å². The molecule has 1 aliphatic rings. The van der Waals surface area contributed by atoms with Gasteiger partial charge in [-0.3, -0.25) is 9.59 Å². The molecular formula is C18H16F2N2O2S. The number of carbonyl (C=O) groups excluding carboxylic acids is 2. The van der Waals surface area contributed by atoms with Crippen molar-refractivity contribution in [3.63, 3.8) is 0 Å². The van der Waals surface area contributed by atoms with Crippen molar-refractivity contribution in [1.82, 2.24) is 4.90 Å². The van der Waals surface area contributed by atoms with Gasteiger partial charge in [-0.15, -0.1) is 0 Å². The Hall–Kier alpha value is -2.41. The fraction of sp³-hybridized carbons (Fsp3) is 0.222. The van der Waals surface area contributed by atoms with Crippen molar-refractivity contribution in [1.29, 1.82) is 0 Å². The number of hydrogen-bond donors (Lipinski definition) is 1. The van der Waals surface area contributed by atoms with Crippen LogP contribution in [-0.2, 0) is 17.8 Å². The average molecular weight is 362 g/mol. The Morgan fingerprint density at radius 1 is 1.08 bits per heavy atom. The van der Waals surface area contributed by atoms with E-state index in [1.807, 2.05) is 24.3 Å². The monoisotopic (exact) mass is 362 g/mol. The maximum atomic E-state index is 12.8. The lowest BCUT2D eigenvalue weighted by Crippen LogP contribution is -2.51. The minimum atomic E-state index is -2.51. The molecule has 0 bridgehead atoms. The van der Waals surface area contributed by atoms with Crippen LogP contribution in [0.4, 0.5) is 8.78 Å². The van der Waals surface area contributed by atoms with Crippen molar-refractivity contribution < 1.29 is 18.4 Å². The second-order valence-corrected chi connectivity index (χ2v) is 6.79. The summed E-state index contributed by atoms with van der Waals surface area (Å²) in [4.78, 5) is 26.5. The zero-order chi connectivity index (χ0) is 18.0. The number of thioether (sulfide) groups is 1. The van der Waals surface area contributed by atoms with Gasteiger partial charge in [0, 0.05) is 23.4 Å². The van der Waals surface area contributed by atoms with Gasteiger partial charge in [-0.2, -0.15) is 8.78 Å². The molecule has 0 aliphatic carbocycles. The zero-order valence-corrected chi connectivity index (χ0v) is 14.0. The largest absolute Gasteiger partial charge is 0.368 e. The van der Waals surface area contributed by atoms with Crippen LogP contribution in [0.15, 0.2) is 53.4 Å². The number of amides is 2. The number of carbonyl (C=O) groups is 2. The summed E-state index contributed by atoms with van der Waals surface area (Å²) < 4.78 is 24.8. The third kappa shape index (κ3) is 3.82. The molecule has 130 valence electrons. The van der Waals surface area contributed by atoms with E-state index in [2.05, 4.69) is 0 Å². The summed E-state index contributed by atoms with van der Waals surface area (Å²) in [7, 11) is 0. The second-order valence-electron chi connectivity index (χ2n) is 5.73. The van der Waals surface area contributed by atoms with Gasteiger partial charge in [-0.25, -0.2) is 0 Å². The number of rotatable bonds is 4. The van der Waals surface area contributed by atoms with E-state index in [0.29, 0.717) is 28.6 Å². The van der Waals surface area contributed by atoms with E-state index < -0.39 is 17.7 Å². The first-order chi connectivity index (χ1) is 12.0. The summed E-state index contributed by atoms with van der Waals surface area (Å²) in [5, 5.41) is 0. The number of nitrogens with two attached hydrogens (primary N) is 1. The highest BCUT2D eigenvalue weighted by Gasteiger charge is 2.33. The molecule has 7 heteroatoms. The van der Waals surface area contributed by atoms with Crippen molar-refractivity contribution in [2.24, 2.45) is 5.73 Å². The molecule has 1 heterocycles. The van der Waals surface area contributed by atoms with Gasteiger partial charge < -0.3 is 10.6 Å². The molecule has 0 saturated heterocycles. The van der Waals surface area contributed by atoms with E-state index in [9.17, 15) is 18.4 Å². The molecule has 0 radical (unpaired) electrons. The van der Waals surface area contributed by atoms with Crippen LogP contribution < -0.4 is 5.73 Å². The number of nitrogens with zero attached hydrogens (tertiary/aromatic N) is 1. The van der Waals surface area contributed by atoms with Gasteiger partial charge >= 0.3 is 0 Å². The first-order valence-electron chi connectivity index (χ1n) is 7.67. The van der Waals surface area contributed by atoms with Gasteiger partial charge in [0.05, 0.1) is 0 Å². The van der Waals surface area contributed by atoms with Crippen LogP contribution in [0, 0.1) is 0 Å². The highest BCUT2D eigenvalue weighted by atomic mass is 32.2. The minimum Gasteiger partial charge on any atom is -0.368 e. The van der Waals surface area contributed by atoms with Crippen molar-refractivity contribution in [2.45, 2.75) is 29.7 Å². The van der Waals surface area contributed by atoms with Crippen molar-refractivity contribution in [3.05, 3.63) is 65.2 Å². The lowest BCUT2D eigenvalue weighted by molar-refractivity contribution is -0.122. The highest BCUT2D eigenvalue weighted by molar-refractivity contribution is 7.99. The summed E-state index contributed by atoms with van der Waals surface area (Å²) in [5.41, 5.74) is 7.80. The van der Waals surface area contributed by atoms with Crippen LogP contribution in [0.2, 0.25) is 0 Å². The Balaban J connectivity index is 1.85. The molecule has 0 fully saturated rings. The Morgan fingerprint density at radius 2 is 1.72 bits per heavy atom. The average Bonchev–Trinajstić information content (AvgIpc) is 2.60. The van der Waals surface area contributed by atoms with Gasteiger partial charge in [0.25, 0.3) is 11.7 Å². The summed E-state index contributed by atoms with van der Waals surface area (Å²) in [6, 6.07) is 12.8. The van der Waals surface area contributed by atoms with E-state index in [-0.39, 0.29) is 12.5 Å². The fourth-order valence-electron chi connectivity index (χ4n) is 2.94. The molecule has 1 aliphatic heterocycles. The van der Waals surface area contributed by atoms with Crippen LogP contribution in [0.1, 0.15) is 21.5 Å². The van der Waals surface area contributed by atoms with E-state index in [1.165, 1.54) is 29.2 Å². The Morgan fingerprint density at radius 3 is 2.32 bits per heavy atom. The Kier molecular flexibility index (Phi) is 5.03. The molecule has 1 unspecified atom stereocenters. The van der Waals surface area contributed by atoms with E-state index in [0.717, 1.165) is 11.1 Å². The van der Waals surface area contributed by atoms with Crippen molar-refractivity contribution in [3.8, 4) is 0 Å². The van der Waals surface area contributed by atoms with Gasteiger partial charge in [-0.1, -0.05) is 36.0 Å². The van der Waals surface area contributed by atoms with Crippen molar-refractivity contribution >= 4 is 23.6 Å². The van der Waals surface area contributed by atoms with Crippen LogP contribution in [0.5, 0.6) is 0 Å². The Labute approximate surface area is 148 Å². The molecule has 4 nitrogen and oxygen atoms in total. The van der Waals surface area contributed by atoms with Gasteiger partial charge in [0.1, 0.15) is 6.04 Å². The molecular weight excluding hydrogens is 346 g/mol. The summed E-state index contributed by atoms with van der Waals surface area (Å²) in [6.07, 6.45) is 0.372. The molecule has 3 rings (SSSR count). The molecule has 0 aromatic heterocycles. The summed E-state index contributed by atoms with van der Waals surface area (Å²) in [5.74, 6) is -3.42. The summed E-state index contributed by atoms with van der Waals surface area (Å²) >= 11 is 0.418. The lowest BCUT2D eigenvalue weighted by atomic mass is 9.93. The Bertz CT molecular complexity index is 796. The number of alkyl halides is 2. The molecule has 2 aromatic rings. The van der Waals surface area contributed by atoms with Gasteiger partial charge in [-0.05, 0) is 35.4 Å². The van der Waals surface area contributed by atoms with Crippen LogP contribution in [0.3, 0.4) is 0 Å². The molecule has 0 spiro atoms. The SMILES string of the molecule is NC(=O)C1Cc2ccccc2CN1C(=O)c1ccc(SC(F)F)cc1. The topological polar surface area (TPSA) is 63.4 Å². The third-order valence-corrected chi connectivity index (χ3v) is 4.89.